The summed E-state index contributed by atoms with van der Waals surface area (Å²) in [5, 5.41) is 6.61. The normalized spacial score (nSPS) is 16.7. The number of guanidine groups is 1. The molecule has 0 radical (unpaired) electrons. The molecule has 1 unspecified atom stereocenters. The zero-order valence-corrected chi connectivity index (χ0v) is 19.0. The van der Waals surface area contributed by atoms with Gasteiger partial charge in [0.15, 0.2) is 5.96 Å². The van der Waals surface area contributed by atoms with Gasteiger partial charge in [-0.15, -0.1) is 24.0 Å². The minimum Gasteiger partial charge on any atom is -0.379 e. The summed E-state index contributed by atoms with van der Waals surface area (Å²) in [6.07, 6.45) is 0.633. The second-order valence-electron chi connectivity index (χ2n) is 6.95. The molecule has 1 atom stereocenters. The molecule has 1 saturated heterocycles. The predicted octanol–water partition coefficient (Wildman–Crippen LogP) is 2.90. The monoisotopic (exact) mass is 492 g/mol. The van der Waals surface area contributed by atoms with Crippen LogP contribution in [0.5, 0.6) is 0 Å². The average molecular weight is 492 g/mol. The van der Waals surface area contributed by atoms with Crippen molar-refractivity contribution < 1.29 is 9.13 Å². The highest BCUT2D eigenvalue weighted by molar-refractivity contribution is 14.0. The van der Waals surface area contributed by atoms with E-state index >= 15 is 0 Å². The van der Waals surface area contributed by atoms with Crippen molar-refractivity contribution in [2.24, 2.45) is 10.9 Å². The number of benzene rings is 1. The minimum atomic E-state index is -0.150. The van der Waals surface area contributed by atoms with Crippen molar-refractivity contribution in [3.8, 4) is 0 Å². The van der Waals surface area contributed by atoms with Gasteiger partial charge in [-0.25, -0.2) is 4.39 Å². The number of hydrogen-bond acceptors (Lipinski definition) is 3. The van der Waals surface area contributed by atoms with E-state index in [2.05, 4.69) is 36.3 Å². The summed E-state index contributed by atoms with van der Waals surface area (Å²) in [5.41, 5.74) is 0.726. The standard InChI is InChI=1S/C20H33FN4O.HI/c1-4-22-20(23-10-9-17-7-5-6-8-18(17)21)24-15-19(16(2)3)25-11-13-26-14-12-25;/h5-8,16,19H,4,9-15H2,1-3H3,(H2,22,23,24);1H. The molecule has 7 heteroatoms. The maximum Gasteiger partial charge on any atom is 0.191 e. The van der Waals surface area contributed by atoms with E-state index in [4.69, 9.17) is 9.73 Å². The van der Waals surface area contributed by atoms with Crippen LogP contribution in [0.3, 0.4) is 0 Å². The fourth-order valence-corrected chi connectivity index (χ4v) is 3.20. The molecule has 2 N–H and O–H groups in total. The quantitative estimate of drug-likeness (QED) is 0.333. The van der Waals surface area contributed by atoms with Crippen molar-refractivity contribution in [2.75, 3.05) is 45.9 Å². The SMILES string of the molecule is CCNC(=NCC(C(C)C)N1CCOCC1)NCCc1ccccc1F.I. The third-order valence-corrected chi connectivity index (χ3v) is 4.71. The van der Waals surface area contributed by atoms with E-state index in [0.29, 0.717) is 24.9 Å². The van der Waals surface area contributed by atoms with E-state index in [9.17, 15) is 4.39 Å². The Labute approximate surface area is 180 Å². The van der Waals surface area contributed by atoms with Crippen molar-refractivity contribution in [1.82, 2.24) is 15.5 Å². The molecule has 0 spiro atoms. The van der Waals surface area contributed by atoms with Crippen LogP contribution < -0.4 is 10.6 Å². The molecule has 0 saturated carbocycles. The van der Waals surface area contributed by atoms with Gasteiger partial charge in [0.05, 0.1) is 19.8 Å². The Kier molecular flexibility index (Phi) is 11.9. The molecule has 1 aliphatic heterocycles. The predicted molar refractivity (Wildman–Crippen MR) is 121 cm³/mol. The summed E-state index contributed by atoms with van der Waals surface area (Å²) in [4.78, 5) is 7.25. The van der Waals surface area contributed by atoms with Crippen LogP contribution in [0.1, 0.15) is 26.3 Å². The van der Waals surface area contributed by atoms with Gasteiger partial charge in [0, 0.05) is 32.2 Å². The van der Waals surface area contributed by atoms with Crippen LogP contribution in [-0.4, -0.2) is 62.8 Å². The molecule has 1 aromatic rings. The van der Waals surface area contributed by atoms with Crippen LogP contribution in [0, 0.1) is 11.7 Å². The number of aliphatic imine (C=N–C) groups is 1. The molecule has 0 aromatic heterocycles. The Balaban J connectivity index is 0.00000364. The summed E-state index contributed by atoms with van der Waals surface area (Å²) < 4.78 is 19.2. The second kappa shape index (κ2) is 13.3. The highest BCUT2D eigenvalue weighted by Crippen LogP contribution is 2.13. The zero-order chi connectivity index (χ0) is 18.8. The van der Waals surface area contributed by atoms with Crippen molar-refractivity contribution in [1.29, 1.82) is 0 Å². The number of ether oxygens (including phenoxy) is 1. The molecule has 154 valence electrons. The molecule has 2 rings (SSSR count). The number of hydrogen-bond donors (Lipinski definition) is 2. The summed E-state index contributed by atoms with van der Waals surface area (Å²) in [6, 6.07) is 7.32. The lowest BCUT2D eigenvalue weighted by Gasteiger charge is -2.36. The fourth-order valence-electron chi connectivity index (χ4n) is 3.20. The van der Waals surface area contributed by atoms with Crippen molar-refractivity contribution in [2.45, 2.75) is 33.2 Å². The molecule has 1 aromatic carbocycles. The van der Waals surface area contributed by atoms with Gasteiger partial charge in [-0.05, 0) is 30.9 Å². The van der Waals surface area contributed by atoms with Crippen molar-refractivity contribution >= 4 is 29.9 Å². The van der Waals surface area contributed by atoms with E-state index in [1.807, 2.05) is 12.1 Å². The summed E-state index contributed by atoms with van der Waals surface area (Å²) >= 11 is 0. The van der Waals surface area contributed by atoms with Gasteiger partial charge in [0.2, 0.25) is 0 Å². The third-order valence-electron chi connectivity index (χ3n) is 4.71. The first-order valence-electron chi connectivity index (χ1n) is 9.69. The van der Waals surface area contributed by atoms with Crippen molar-refractivity contribution in [3.63, 3.8) is 0 Å². The third kappa shape index (κ3) is 8.31. The lowest BCUT2D eigenvalue weighted by Crippen LogP contribution is -2.48. The summed E-state index contributed by atoms with van der Waals surface area (Å²) in [5.74, 6) is 1.17. The Morgan fingerprint density at radius 2 is 1.93 bits per heavy atom. The van der Waals surface area contributed by atoms with Crippen LogP contribution in [0.2, 0.25) is 0 Å². The maximum absolute atomic E-state index is 13.7. The summed E-state index contributed by atoms with van der Waals surface area (Å²) in [7, 11) is 0. The highest BCUT2D eigenvalue weighted by Gasteiger charge is 2.23. The Morgan fingerprint density at radius 3 is 2.56 bits per heavy atom. The van der Waals surface area contributed by atoms with Gasteiger partial charge in [0.25, 0.3) is 0 Å². The number of halogens is 2. The molecule has 0 aliphatic carbocycles. The molecular weight excluding hydrogens is 458 g/mol. The van der Waals surface area contributed by atoms with Gasteiger partial charge in [-0.1, -0.05) is 32.0 Å². The smallest absolute Gasteiger partial charge is 0.191 e. The zero-order valence-electron chi connectivity index (χ0n) is 16.7. The Morgan fingerprint density at radius 1 is 1.22 bits per heavy atom. The summed E-state index contributed by atoms with van der Waals surface area (Å²) in [6.45, 7) is 12.3. The van der Waals surface area contributed by atoms with Crippen LogP contribution in [0.25, 0.3) is 0 Å². The molecule has 1 heterocycles. The molecular formula is C20H34FIN4O. The lowest BCUT2D eigenvalue weighted by atomic mass is 10.0. The number of nitrogens with zero attached hydrogens (tertiary/aromatic N) is 2. The Hall–Kier alpha value is -0.930. The van der Waals surface area contributed by atoms with Crippen LogP contribution in [0.4, 0.5) is 4.39 Å². The van der Waals surface area contributed by atoms with Gasteiger partial charge in [-0.2, -0.15) is 0 Å². The fraction of sp³-hybridized carbons (Fsp3) is 0.650. The van der Waals surface area contributed by atoms with Crippen molar-refractivity contribution in [3.05, 3.63) is 35.6 Å². The van der Waals surface area contributed by atoms with Gasteiger partial charge >= 0.3 is 0 Å². The number of morpholine rings is 1. The highest BCUT2D eigenvalue weighted by atomic mass is 127. The minimum absolute atomic E-state index is 0. The number of nitrogens with one attached hydrogen (secondary N) is 2. The topological polar surface area (TPSA) is 48.9 Å². The largest absolute Gasteiger partial charge is 0.379 e. The number of rotatable bonds is 8. The van der Waals surface area contributed by atoms with Gasteiger partial charge in [0.1, 0.15) is 5.82 Å². The molecule has 1 aliphatic rings. The van der Waals surface area contributed by atoms with Crippen LogP contribution in [0.15, 0.2) is 29.3 Å². The molecule has 5 nitrogen and oxygen atoms in total. The van der Waals surface area contributed by atoms with Crippen LogP contribution >= 0.6 is 24.0 Å². The lowest BCUT2D eigenvalue weighted by molar-refractivity contribution is 0.00867. The average Bonchev–Trinajstić information content (AvgIpc) is 2.64. The van der Waals surface area contributed by atoms with E-state index in [-0.39, 0.29) is 29.8 Å². The van der Waals surface area contributed by atoms with E-state index < -0.39 is 0 Å². The van der Waals surface area contributed by atoms with E-state index in [1.165, 1.54) is 6.07 Å². The van der Waals surface area contributed by atoms with Crippen LogP contribution in [-0.2, 0) is 11.2 Å². The molecule has 0 bridgehead atoms. The molecule has 0 amide bonds. The van der Waals surface area contributed by atoms with Gasteiger partial charge < -0.3 is 15.4 Å². The molecule has 27 heavy (non-hydrogen) atoms. The van der Waals surface area contributed by atoms with E-state index in [0.717, 1.165) is 50.9 Å². The first kappa shape index (κ1) is 24.1. The molecule has 1 fully saturated rings. The first-order chi connectivity index (χ1) is 12.6. The Bertz CT molecular complexity index is 565. The first-order valence-corrected chi connectivity index (χ1v) is 9.69. The van der Waals surface area contributed by atoms with E-state index in [1.54, 1.807) is 6.07 Å². The van der Waals surface area contributed by atoms with Gasteiger partial charge in [-0.3, -0.25) is 9.89 Å². The maximum atomic E-state index is 13.7. The second-order valence-corrected chi connectivity index (χ2v) is 6.95.